The summed E-state index contributed by atoms with van der Waals surface area (Å²) in [4.78, 5) is 0. The first-order valence-corrected chi connectivity index (χ1v) is 3.91. The van der Waals surface area contributed by atoms with Gasteiger partial charge in [0.25, 0.3) is 9.88 Å². The van der Waals surface area contributed by atoms with Gasteiger partial charge in [-0.15, -0.1) is 0 Å². The molecular weight excluding hydrogens is 140 g/mol. The molecule has 0 saturated carbocycles. The zero-order chi connectivity index (χ0) is 4.99. The molecule has 0 atom stereocenters. The summed E-state index contributed by atoms with van der Waals surface area (Å²) in [6.45, 7) is 0. The maximum absolute atomic E-state index is 9.46. The molecular formula is HNO2P2S. The van der Waals surface area contributed by atoms with Gasteiger partial charge in [0, 0.05) is 0 Å². The molecule has 0 radical (unpaired) electrons. The molecule has 0 bridgehead atoms. The molecule has 0 heterocycles. The highest BCUT2D eigenvalue weighted by Crippen LogP contribution is 1.95. The Morgan fingerprint density at radius 1 is 1.67 bits per heavy atom. The van der Waals surface area contributed by atoms with Crippen LogP contribution in [0.1, 0.15) is 0 Å². The molecule has 0 saturated heterocycles. The largest absolute Gasteiger partial charge is 0.258 e. The molecule has 0 N–H and O–H groups in total. The van der Waals surface area contributed by atoms with E-state index in [4.69, 9.17) is 0 Å². The first kappa shape index (κ1) is 6.22. The third-order valence-electron chi connectivity index (χ3n) is 0.107. The van der Waals surface area contributed by atoms with E-state index >= 15 is 0 Å². The van der Waals surface area contributed by atoms with Crippen LogP contribution in [0.3, 0.4) is 0 Å². The van der Waals surface area contributed by atoms with Gasteiger partial charge in [-0.25, -0.2) is 0 Å². The van der Waals surface area contributed by atoms with Crippen molar-refractivity contribution < 1.29 is 8.42 Å². The SMILES string of the molecule is O=S(=O)=PN=P. The highest BCUT2D eigenvalue weighted by molar-refractivity contribution is 8.04. The third kappa shape index (κ3) is 4.22. The van der Waals surface area contributed by atoms with Crippen LogP contribution >= 0.6 is 16.5 Å². The highest BCUT2D eigenvalue weighted by Gasteiger charge is 1.56. The van der Waals surface area contributed by atoms with Gasteiger partial charge in [0.15, 0.2) is 7.51 Å². The van der Waals surface area contributed by atoms with Crippen LogP contribution in [0.2, 0.25) is 0 Å². The Morgan fingerprint density at radius 3 is 2.17 bits per heavy atom. The van der Waals surface area contributed by atoms with Gasteiger partial charge < -0.3 is 0 Å². The molecule has 0 aromatic rings. The summed E-state index contributed by atoms with van der Waals surface area (Å²) in [5.74, 6) is 0. The molecule has 0 aliphatic carbocycles. The maximum Gasteiger partial charge on any atom is 0.258 e. The van der Waals surface area contributed by atoms with E-state index in [1.54, 1.807) is 0 Å². The van der Waals surface area contributed by atoms with Crippen molar-refractivity contribution >= 4 is 26.4 Å². The molecule has 0 unspecified atom stereocenters. The number of nitrogens with zero attached hydrogens (tertiary/aromatic N) is 1. The van der Waals surface area contributed by atoms with Crippen molar-refractivity contribution in [3.8, 4) is 0 Å². The van der Waals surface area contributed by atoms with Crippen LogP contribution in [-0.2, 0) is 9.88 Å². The van der Waals surface area contributed by atoms with Crippen molar-refractivity contribution in [3.63, 3.8) is 0 Å². The van der Waals surface area contributed by atoms with Gasteiger partial charge in [-0.3, -0.25) is 0 Å². The fraction of sp³-hybridized carbons (Fsp3) is 0. The molecule has 6 heavy (non-hydrogen) atoms. The average molecular weight is 141 g/mol. The Hall–Kier alpha value is 0.220. The van der Waals surface area contributed by atoms with E-state index in [0.717, 1.165) is 0 Å². The van der Waals surface area contributed by atoms with Crippen LogP contribution < -0.4 is 0 Å². The third-order valence-corrected chi connectivity index (χ3v) is 1.70. The number of hydrogen-bond donors (Lipinski definition) is 0. The molecule has 0 spiro atoms. The summed E-state index contributed by atoms with van der Waals surface area (Å²) in [5, 5.41) is 0. The Balaban J connectivity index is 4.17. The van der Waals surface area contributed by atoms with Crippen LogP contribution in [0, 0.1) is 0 Å². The molecule has 0 aromatic heterocycles. The summed E-state index contributed by atoms with van der Waals surface area (Å²) in [5.41, 5.74) is 0. The Bertz CT molecular complexity index is 146. The smallest absolute Gasteiger partial charge is 0.199 e. The van der Waals surface area contributed by atoms with Gasteiger partial charge in [-0.05, 0) is 9.03 Å². The number of rotatable bonds is 1. The summed E-state index contributed by atoms with van der Waals surface area (Å²) in [6.07, 6.45) is 0. The van der Waals surface area contributed by atoms with E-state index in [0.29, 0.717) is 0 Å². The number of hydrogen-bond acceptors (Lipinski definition) is 2. The molecule has 0 aromatic carbocycles. The molecule has 6 heteroatoms. The van der Waals surface area contributed by atoms with Gasteiger partial charge in [0.1, 0.15) is 0 Å². The van der Waals surface area contributed by atoms with Crippen LogP contribution in [0.4, 0.5) is 0 Å². The van der Waals surface area contributed by atoms with Crippen molar-refractivity contribution in [3.05, 3.63) is 0 Å². The first-order chi connectivity index (χ1) is 2.77. The predicted octanol–water partition coefficient (Wildman–Crippen LogP) is 0.968. The lowest BCUT2D eigenvalue weighted by molar-refractivity contribution is 0.628. The fourth-order valence-electron chi connectivity index (χ4n) is 0.0333. The van der Waals surface area contributed by atoms with Crippen molar-refractivity contribution in [2.24, 2.45) is 4.52 Å². The lowest BCUT2D eigenvalue weighted by Crippen LogP contribution is -1.34. The minimum atomic E-state index is -2.06. The molecule has 0 amide bonds. The van der Waals surface area contributed by atoms with Gasteiger partial charge in [0.2, 0.25) is 0 Å². The maximum atomic E-state index is 9.46. The minimum Gasteiger partial charge on any atom is -0.199 e. The standard InChI is InChI=1S/HNO2P2S/c2-6(3)5-1-4/h4H. The molecule has 0 aliphatic rings. The van der Waals surface area contributed by atoms with E-state index < -0.39 is 9.88 Å². The van der Waals surface area contributed by atoms with Crippen LogP contribution in [-0.4, -0.2) is 8.42 Å². The second-order valence-electron chi connectivity index (χ2n) is 0.399. The van der Waals surface area contributed by atoms with Gasteiger partial charge >= 0.3 is 0 Å². The van der Waals surface area contributed by atoms with E-state index in [1.165, 1.54) is 0 Å². The molecule has 34 valence electrons. The monoisotopic (exact) mass is 141 g/mol. The van der Waals surface area contributed by atoms with Gasteiger partial charge in [-0.2, -0.15) is 12.9 Å². The zero-order valence-electron chi connectivity index (χ0n) is 2.62. The lowest BCUT2D eigenvalue weighted by Gasteiger charge is -1.45. The van der Waals surface area contributed by atoms with Crippen molar-refractivity contribution in [2.75, 3.05) is 0 Å². The second-order valence-corrected chi connectivity index (χ2v) is 3.18. The van der Waals surface area contributed by atoms with E-state index in [9.17, 15) is 8.42 Å². The quantitative estimate of drug-likeness (QED) is 0.510. The minimum absolute atomic E-state index is 0.0340. The van der Waals surface area contributed by atoms with Gasteiger partial charge in [-0.1, -0.05) is 0 Å². The first-order valence-electron chi connectivity index (χ1n) is 0.940. The van der Waals surface area contributed by atoms with Crippen LogP contribution in [0.15, 0.2) is 4.52 Å². The van der Waals surface area contributed by atoms with Gasteiger partial charge in [0.05, 0.1) is 0 Å². The molecule has 0 rings (SSSR count). The summed E-state index contributed by atoms with van der Waals surface area (Å²) < 4.78 is 22.0. The Kier molecular flexibility index (Phi) is 3.54. The van der Waals surface area contributed by atoms with E-state index in [-0.39, 0.29) is 7.51 Å². The van der Waals surface area contributed by atoms with Crippen molar-refractivity contribution in [2.45, 2.75) is 0 Å². The Morgan fingerprint density at radius 2 is 2.17 bits per heavy atom. The molecule has 0 aliphatic heterocycles. The van der Waals surface area contributed by atoms with E-state index in [1.807, 2.05) is 0 Å². The Labute approximate surface area is 40.1 Å². The average Bonchev–Trinajstić information content (AvgIpc) is 1.35. The van der Waals surface area contributed by atoms with Crippen LogP contribution in [0.25, 0.3) is 0 Å². The summed E-state index contributed by atoms with van der Waals surface area (Å²) in [6, 6.07) is 0. The van der Waals surface area contributed by atoms with Crippen molar-refractivity contribution in [1.29, 1.82) is 0 Å². The van der Waals surface area contributed by atoms with Crippen molar-refractivity contribution in [1.82, 2.24) is 0 Å². The fourth-order valence-corrected chi connectivity index (χ4v) is 0.900. The normalized spacial score (nSPS) is 8.00. The topological polar surface area (TPSA) is 46.5 Å². The summed E-state index contributed by atoms with van der Waals surface area (Å²) >= 11 is 0. The predicted molar refractivity (Wildman–Crippen MR) is 26.6 cm³/mol. The second kappa shape index (κ2) is 3.41. The summed E-state index contributed by atoms with van der Waals surface area (Å²) in [7, 11) is 0.587. The molecule has 0 fully saturated rings. The highest BCUT2D eigenvalue weighted by atomic mass is 32.5. The van der Waals surface area contributed by atoms with Crippen LogP contribution in [0.5, 0.6) is 0 Å². The lowest BCUT2D eigenvalue weighted by atomic mass is 13.9. The zero-order valence-corrected chi connectivity index (χ0v) is 5.33. The molecule has 3 nitrogen and oxygen atoms in total. The van der Waals surface area contributed by atoms with E-state index in [2.05, 4.69) is 13.5 Å².